The summed E-state index contributed by atoms with van der Waals surface area (Å²) >= 11 is 0. The van der Waals surface area contributed by atoms with Gasteiger partial charge in [0.25, 0.3) is 5.56 Å². The van der Waals surface area contributed by atoms with Gasteiger partial charge in [-0.05, 0) is 43.2 Å². The number of hydrogen-bond acceptors (Lipinski definition) is 4. The van der Waals surface area contributed by atoms with E-state index < -0.39 is 5.56 Å². The zero-order valence-corrected chi connectivity index (χ0v) is 20.8. The van der Waals surface area contributed by atoms with Crippen LogP contribution in [0.3, 0.4) is 0 Å². The van der Waals surface area contributed by atoms with Crippen LogP contribution in [0.15, 0.2) is 65.2 Å². The molecule has 0 fully saturated rings. The van der Waals surface area contributed by atoms with Gasteiger partial charge in [-0.15, -0.1) is 0 Å². The fraction of sp³-hybridized carbons (Fsp3) is 0.414. The van der Waals surface area contributed by atoms with Crippen LogP contribution >= 0.6 is 0 Å². The summed E-state index contributed by atoms with van der Waals surface area (Å²) in [5, 5.41) is 15.0. The van der Waals surface area contributed by atoms with Crippen molar-refractivity contribution in [2.75, 3.05) is 5.32 Å². The molecular weight excluding hydrogens is 424 g/mol. The minimum absolute atomic E-state index is 0.240. The van der Waals surface area contributed by atoms with Crippen molar-refractivity contribution in [1.82, 2.24) is 4.57 Å². The highest BCUT2D eigenvalue weighted by Gasteiger charge is 2.19. The van der Waals surface area contributed by atoms with Crippen molar-refractivity contribution in [3.8, 4) is 11.5 Å². The number of aromatic nitrogens is 1. The van der Waals surface area contributed by atoms with Crippen LogP contribution < -0.4 is 15.6 Å². The molecule has 5 nitrogen and oxygen atoms in total. The predicted molar refractivity (Wildman–Crippen MR) is 142 cm³/mol. The van der Waals surface area contributed by atoms with E-state index in [9.17, 15) is 9.90 Å². The molecule has 5 heteroatoms. The van der Waals surface area contributed by atoms with Gasteiger partial charge in [-0.2, -0.15) is 0 Å². The number of nitrogens with one attached hydrogen (secondary N) is 1. The Labute approximate surface area is 203 Å². The van der Waals surface area contributed by atoms with Crippen LogP contribution in [0.1, 0.15) is 71.3 Å². The lowest BCUT2D eigenvalue weighted by Gasteiger charge is -2.18. The Morgan fingerprint density at radius 3 is 2.47 bits per heavy atom. The molecule has 0 aliphatic heterocycles. The molecule has 0 bridgehead atoms. The van der Waals surface area contributed by atoms with Crippen LogP contribution in [0.25, 0.3) is 10.9 Å². The number of unbranched alkanes of at least 4 members (excludes halogenated alkanes) is 5. The quantitative estimate of drug-likeness (QED) is 0.206. The van der Waals surface area contributed by atoms with Gasteiger partial charge >= 0.3 is 0 Å². The maximum atomic E-state index is 13.2. The molecule has 3 rings (SSSR count). The molecule has 0 radical (unpaired) electrons. The van der Waals surface area contributed by atoms with Gasteiger partial charge in [0.2, 0.25) is 5.75 Å². The maximum Gasteiger partial charge on any atom is 0.297 e. The van der Waals surface area contributed by atoms with Crippen molar-refractivity contribution >= 4 is 16.6 Å². The van der Waals surface area contributed by atoms with Gasteiger partial charge in [-0.1, -0.05) is 76.3 Å². The third-order valence-electron chi connectivity index (χ3n) is 6.17. The van der Waals surface area contributed by atoms with Crippen LogP contribution in [-0.2, 0) is 13.1 Å². The van der Waals surface area contributed by atoms with Crippen molar-refractivity contribution in [1.29, 1.82) is 0 Å². The molecule has 0 amide bonds. The number of pyridine rings is 1. The molecule has 3 aromatic rings. The molecule has 2 N–H and O–H groups in total. The number of ether oxygens (including phenoxy) is 1. The summed E-state index contributed by atoms with van der Waals surface area (Å²) in [5.74, 6) is 0.635. The fourth-order valence-electron chi connectivity index (χ4n) is 4.16. The number of anilines is 1. The molecule has 1 aromatic heterocycles. The monoisotopic (exact) mass is 462 g/mol. The average Bonchev–Trinajstić information content (AvgIpc) is 2.87. The highest BCUT2D eigenvalue weighted by atomic mass is 16.5. The summed E-state index contributed by atoms with van der Waals surface area (Å²) in [6, 6.07) is 16.1. The zero-order valence-electron chi connectivity index (χ0n) is 20.8. The highest BCUT2D eigenvalue weighted by molar-refractivity contribution is 5.90. The van der Waals surface area contributed by atoms with Gasteiger partial charge < -0.3 is 19.7 Å². The second-order valence-electron chi connectivity index (χ2n) is 8.68. The normalized spacial score (nSPS) is 11.7. The Morgan fingerprint density at radius 2 is 1.76 bits per heavy atom. The standard InChI is InChI=1S/C29H38N2O3/c1-4-7-8-9-10-14-19-31-26-20-23(30-21-22-15-12-11-13-16-22)17-18-25(26)28(27(32)29(31)33)34-24(5-2)6-3/h5,11-13,15-18,20,30,32H,4,6-10,14,19,21H2,1-3H3. The number of fused-ring (bicyclic) bond motifs is 1. The number of hydrogen-bond donors (Lipinski definition) is 2. The molecule has 0 unspecified atom stereocenters. The number of rotatable bonds is 13. The van der Waals surface area contributed by atoms with E-state index in [1.165, 1.54) is 31.2 Å². The lowest BCUT2D eigenvalue weighted by atomic mass is 10.1. The smallest absolute Gasteiger partial charge is 0.297 e. The zero-order chi connectivity index (χ0) is 24.3. The fourth-order valence-corrected chi connectivity index (χ4v) is 4.16. The molecule has 0 saturated heterocycles. The van der Waals surface area contributed by atoms with Crippen molar-refractivity contribution in [3.63, 3.8) is 0 Å². The average molecular weight is 463 g/mol. The lowest BCUT2D eigenvalue weighted by molar-refractivity contribution is 0.368. The van der Waals surface area contributed by atoms with E-state index in [4.69, 9.17) is 4.74 Å². The van der Waals surface area contributed by atoms with E-state index >= 15 is 0 Å². The summed E-state index contributed by atoms with van der Waals surface area (Å²) in [7, 11) is 0. The van der Waals surface area contributed by atoms with Gasteiger partial charge in [0.15, 0.2) is 5.75 Å². The van der Waals surface area contributed by atoms with E-state index in [1.807, 2.05) is 56.3 Å². The van der Waals surface area contributed by atoms with Gasteiger partial charge in [0, 0.05) is 30.6 Å². The second kappa shape index (κ2) is 12.9. The minimum Gasteiger partial charge on any atom is -0.500 e. The van der Waals surface area contributed by atoms with Crippen LogP contribution in [0.2, 0.25) is 0 Å². The van der Waals surface area contributed by atoms with Crippen LogP contribution in [-0.4, -0.2) is 9.67 Å². The van der Waals surface area contributed by atoms with Crippen molar-refractivity contribution < 1.29 is 9.84 Å². The molecule has 2 aromatic carbocycles. The van der Waals surface area contributed by atoms with Gasteiger partial charge in [-0.3, -0.25) is 4.79 Å². The first-order chi connectivity index (χ1) is 16.6. The topological polar surface area (TPSA) is 63.5 Å². The molecule has 0 aliphatic rings. The van der Waals surface area contributed by atoms with Crippen molar-refractivity contribution in [2.45, 2.75) is 78.8 Å². The first-order valence-electron chi connectivity index (χ1n) is 12.6. The number of aryl methyl sites for hydroxylation is 1. The number of aromatic hydroxyl groups is 1. The van der Waals surface area contributed by atoms with Crippen molar-refractivity contribution in [2.24, 2.45) is 0 Å². The van der Waals surface area contributed by atoms with E-state index in [0.29, 0.717) is 19.5 Å². The highest BCUT2D eigenvalue weighted by Crippen LogP contribution is 2.35. The number of benzene rings is 2. The first kappa shape index (κ1) is 25.4. The Hall–Kier alpha value is -3.21. The van der Waals surface area contributed by atoms with Gasteiger partial charge in [0.05, 0.1) is 11.3 Å². The largest absolute Gasteiger partial charge is 0.500 e. The molecule has 182 valence electrons. The molecule has 0 atom stereocenters. The molecule has 0 aliphatic carbocycles. The number of allylic oxidation sites excluding steroid dienone is 2. The van der Waals surface area contributed by atoms with E-state index in [-0.39, 0.29) is 11.5 Å². The van der Waals surface area contributed by atoms with E-state index in [1.54, 1.807) is 4.57 Å². The van der Waals surface area contributed by atoms with Crippen LogP contribution in [0, 0.1) is 0 Å². The summed E-state index contributed by atoms with van der Waals surface area (Å²) in [6.07, 6.45) is 9.35. The van der Waals surface area contributed by atoms with Gasteiger partial charge in [-0.25, -0.2) is 0 Å². The Bertz CT molecular complexity index is 1150. The molecule has 34 heavy (non-hydrogen) atoms. The van der Waals surface area contributed by atoms with Crippen LogP contribution in [0.4, 0.5) is 5.69 Å². The van der Waals surface area contributed by atoms with Crippen LogP contribution in [0.5, 0.6) is 11.5 Å². The van der Waals surface area contributed by atoms with E-state index in [0.717, 1.165) is 35.2 Å². The second-order valence-corrected chi connectivity index (χ2v) is 8.68. The predicted octanol–water partition coefficient (Wildman–Crippen LogP) is 7.37. The van der Waals surface area contributed by atoms with Gasteiger partial charge in [0.1, 0.15) is 0 Å². The number of nitrogens with zero attached hydrogens (tertiary/aromatic N) is 1. The summed E-state index contributed by atoms with van der Waals surface area (Å²) in [6.45, 7) is 7.35. The summed E-state index contributed by atoms with van der Waals surface area (Å²) in [5.41, 5.74) is 2.48. The summed E-state index contributed by atoms with van der Waals surface area (Å²) < 4.78 is 7.71. The Morgan fingerprint density at radius 1 is 1.03 bits per heavy atom. The first-order valence-corrected chi connectivity index (χ1v) is 12.6. The summed E-state index contributed by atoms with van der Waals surface area (Å²) in [4.78, 5) is 13.2. The Kier molecular flexibility index (Phi) is 9.62. The molecule has 1 heterocycles. The third kappa shape index (κ3) is 6.43. The third-order valence-corrected chi connectivity index (χ3v) is 6.17. The maximum absolute atomic E-state index is 13.2. The van der Waals surface area contributed by atoms with E-state index in [2.05, 4.69) is 24.4 Å². The molecular formula is C29H38N2O3. The SMILES string of the molecule is CC=C(CC)Oc1c(O)c(=O)n(CCCCCCCC)c2cc(NCc3ccccc3)ccc12. The lowest BCUT2D eigenvalue weighted by Crippen LogP contribution is -2.21. The van der Waals surface area contributed by atoms with Crippen molar-refractivity contribution in [3.05, 3.63) is 76.3 Å². The molecule has 0 spiro atoms. The molecule has 0 saturated carbocycles. The minimum atomic E-state index is -0.400. The Balaban J connectivity index is 1.95.